The van der Waals surface area contributed by atoms with Gasteiger partial charge in [0.05, 0.1) is 6.10 Å². The highest BCUT2D eigenvalue weighted by Crippen LogP contribution is 2.38. The summed E-state index contributed by atoms with van der Waals surface area (Å²) in [6.45, 7) is 0. The van der Waals surface area contributed by atoms with Crippen LogP contribution < -0.4 is 0 Å². The quantitative estimate of drug-likeness (QED) is 0.390. The highest BCUT2D eigenvalue weighted by molar-refractivity contribution is 5.66. The molecule has 3 heteroatoms. The molecule has 2 rings (SSSR count). The normalized spacial score (nSPS) is 22.9. The molecule has 2 N–H and O–H groups in total. The molecular weight excluding hydrogens is 324 g/mol. The second-order valence-corrected chi connectivity index (χ2v) is 7.65. The predicted molar refractivity (Wildman–Crippen MR) is 106 cm³/mol. The van der Waals surface area contributed by atoms with E-state index in [9.17, 15) is 9.90 Å². The summed E-state index contributed by atoms with van der Waals surface area (Å²) in [7, 11) is 0. The van der Waals surface area contributed by atoms with E-state index in [2.05, 4.69) is 42.5 Å². The number of hydrogen-bond donors (Lipinski definition) is 2. The van der Waals surface area contributed by atoms with Crippen molar-refractivity contribution in [3.63, 3.8) is 0 Å². The van der Waals surface area contributed by atoms with Crippen molar-refractivity contribution in [3.05, 3.63) is 48.0 Å². The standard InChI is InChI=1S/C23H34O3/c24-22-18-17-20(14-8-1-2-10-16-23(25)26)21(22)15-9-4-7-13-19-11-5-3-6-12-19/h1,3,5-6,8,11-12,20-22,24H,2,4,7,9-10,13-18H2,(H,25,26)/b8-1-/t20-,21+,22+/m0/s1. The first-order chi connectivity index (χ1) is 12.7. The van der Waals surface area contributed by atoms with E-state index in [-0.39, 0.29) is 12.5 Å². The van der Waals surface area contributed by atoms with Crippen LogP contribution in [0.4, 0.5) is 0 Å². The Balaban J connectivity index is 1.61. The van der Waals surface area contributed by atoms with Gasteiger partial charge in [0.2, 0.25) is 0 Å². The van der Waals surface area contributed by atoms with Crippen molar-refractivity contribution in [1.82, 2.24) is 0 Å². The van der Waals surface area contributed by atoms with Crippen molar-refractivity contribution in [2.45, 2.75) is 76.7 Å². The molecule has 0 spiro atoms. The Hall–Kier alpha value is -1.61. The third kappa shape index (κ3) is 7.74. The lowest BCUT2D eigenvalue weighted by Crippen LogP contribution is -2.18. The first-order valence-electron chi connectivity index (χ1n) is 10.3. The summed E-state index contributed by atoms with van der Waals surface area (Å²) in [4.78, 5) is 10.5. The van der Waals surface area contributed by atoms with Gasteiger partial charge in [-0.05, 0) is 68.8 Å². The molecule has 3 nitrogen and oxygen atoms in total. The van der Waals surface area contributed by atoms with Crippen LogP contribution in [-0.4, -0.2) is 22.3 Å². The summed E-state index contributed by atoms with van der Waals surface area (Å²) in [5.41, 5.74) is 1.42. The number of aliphatic hydroxyl groups is 1. The third-order valence-corrected chi connectivity index (χ3v) is 5.65. The highest BCUT2D eigenvalue weighted by atomic mass is 16.4. The molecule has 0 radical (unpaired) electrons. The number of unbranched alkanes of at least 4 members (excludes halogenated alkanes) is 3. The second-order valence-electron chi connectivity index (χ2n) is 7.65. The van der Waals surface area contributed by atoms with E-state index in [1.807, 2.05) is 0 Å². The Kier molecular flexibility index (Phi) is 9.47. The molecule has 0 aromatic heterocycles. The molecule has 1 fully saturated rings. The van der Waals surface area contributed by atoms with Gasteiger partial charge in [-0.15, -0.1) is 0 Å². The molecule has 0 unspecified atom stereocenters. The molecule has 1 saturated carbocycles. The van der Waals surface area contributed by atoms with Crippen LogP contribution in [0.25, 0.3) is 0 Å². The van der Waals surface area contributed by atoms with Crippen molar-refractivity contribution in [1.29, 1.82) is 0 Å². The summed E-state index contributed by atoms with van der Waals surface area (Å²) in [6, 6.07) is 10.7. The van der Waals surface area contributed by atoms with Gasteiger partial charge in [0.25, 0.3) is 0 Å². The molecular formula is C23H34O3. The smallest absolute Gasteiger partial charge is 0.303 e. The van der Waals surface area contributed by atoms with Gasteiger partial charge in [-0.3, -0.25) is 4.79 Å². The zero-order valence-electron chi connectivity index (χ0n) is 15.9. The molecule has 26 heavy (non-hydrogen) atoms. The lowest BCUT2D eigenvalue weighted by molar-refractivity contribution is -0.137. The number of hydrogen-bond acceptors (Lipinski definition) is 2. The molecule has 0 amide bonds. The molecule has 144 valence electrons. The fraction of sp³-hybridized carbons (Fsp3) is 0.609. The average molecular weight is 359 g/mol. The minimum Gasteiger partial charge on any atom is -0.481 e. The summed E-state index contributed by atoms with van der Waals surface area (Å²) in [5, 5.41) is 18.9. The van der Waals surface area contributed by atoms with E-state index in [1.54, 1.807) is 0 Å². The van der Waals surface area contributed by atoms with Gasteiger partial charge in [0, 0.05) is 6.42 Å². The third-order valence-electron chi connectivity index (χ3n) is 5.65. The fourth-order valence-corrected chi connectivity index (χ4v) is 4.14. The molecule has 3 atom stereocenters. The maximum atomic E-state index is 10.5. The minimum absolute atomic E-state index is 0.130. The summed E-state index contributed by atoms with van der Waals surface area (Å²) < 4.78 is 0. The zero-order chi connectivity index (χ0) is 18.6. The molecule has 1 aliphatic carbocycles. The molecule has 0 aliphatic heterocycles. The molecule has 0 saturated heterocycles. The lowest BCUT2D eigenvalue weighted by Gasteiger charge is -2.21. The van der Waals surface area contributed by atoms with Crippen LogP contribution in [0, 0.1) is 11.8 Å². The number of allylic oxidation sites excluding steroid dienone is 2. The Labute approximate surface area is 158 Å². The average Bonchev–Trinajstić information content (AvgIpc) is 2.98. The van der Waals surface area contributed by atoms with Gasteiger partial charge < -0.3 is 10.2 Å². The summed E-state index contributed by atoms with van der Waals surface area (Å²) >= 11 is 0. The van der Waals surface area contributed by atoms with Crippen molar-refractivity contribution >= 4 is 5.97 Å². The van der Waals surface area contributed by atoms with Gasteiger partial charge in [0.15, 0.2) is 0 Å². The fourth-order valence-electron chi connectivity index (χ4n) is 4.14. The van der Waals surface area contributed by atoms with Crippen molar-refractivity contribution in [2.24, 2.45) is 11.8 Å². The minimum atomic E-state index is -0.718. The number of carboxylic acid groups (broad SMARTS) is 1. The maximum Gasteiger partial charge on any atom is 0.303 e. The number of rotatable bonds is 12. The van der Waals surface area contributed by atoms with E-state index in [1.165, 1.54) is 24.8 Å². The molecule has 1 aliphatic rings. The van der Waals surface area contributed by atoms with Gasteiger partial charge in [0.1, 0.15) is 0 Å². The number of carbonyl (C=O) groups is 1. The van der Waals surface area contributed by atoms with Gasteiger partial charge in [-0.1, -0.05) is 55.3 Å². The number of carboxylic acids is 1. The van der Waals surface area contributed by atoms with Crippen LogP contribution >= 0.6 is 0 Å². The maximum absolute atomic E-state index is 10.5. The monoisotopic (exact) mass is 358 g/mol. The zero-order valence-corrected chi connectivity index (χ0v) is 15.9. The topological polar surface area (TPSA) is 57.5 Å². The molecule has 1 aromatic rings. The van der Waals surface area contributed by atoms with E-state index >= 15 is 0 Å². The van der Waals surface area contributed by atoms with Crippen LogP contribution in [0.2, 0.25) is 0 Å². The molecule has 1 aromatic carbocycles. The van der Waals surface area contributed by atoms with Crippen LogP contribution in [0.1, 0.15) is 69.8 Å². The first kappa shape index (κ1) is 20.7. The van der Waals surface area contributed by atoms with E-state index in [4.69, 9.17) is 5.11 Å². The lowest BCUT2D eigenvalue weighted by atomic mass is 9.87. The van der Waals surface area contributed by atoms with Crippen LogP contribution in [0.15, 0.2) is 42.5 Å². The SMILES string of the molecule is O=C(O)CCC/C=C\C[C@H]1CC[C@@H](O)[C@@H]1CCCCCc1ccccc1. The Bertz CT molecular complexity index is 538. The van der Waals surface area contributed by atoms with Gasteiger partial charge >= 0.3 is 5.97 Å². The highest BCUT2D eigenvalue weighted by Gasteiger charge is 2.33. The van der Waals surface area contributed by atoms with Gasteiger partial charge in [-0.2, -0.15) is 0 Å². The predicted octanol–water partition coefficient (Wildman–Crippen LogP) is 5.38. The van der Waals surface area contributed by atoms with E-state index in [0.717, 1.165) is 38.5 Å². The summed E-state index contributed by atoms with van der Waals surface area (Å²) in [6.07, 6.45) is 15.0. The van der Waals surface area contributed by atoms with E-state index < -0.39 is 5.97 Å². The Morgan fingerprint density at radius 1 is 1.04 bits per heavy atom. The van der Waals surface area contributed by atoms with Gasteiger partial charge in [-0.25, -0.2) is 0 Å². The van der Waals surface area contributed by atoms with Crippen molar-refractivity contribution in [2.75, 3.05) is 0 Å². The largest absolute Gasteiger partial charge is 0.481 e. The second kappa shape index (κ2) is 11.9. The number of aryl methyl sites for hydroxylation is 1. The van der Waals surface area contributed by atoms with Crippen molar-refractivity contribution in [3.8, 4) is 0 Å². The number of benzene rings is 1. The molecule has 0 heterocycles. The first-order valence-corrected chi connectivity index (χ1v) is 10.3. The summed E-state index contributed by atoms with van der Waals surface area (Å²) in [5.74, 6) is 0.315. The van der Waals surface area contributed by atoms with Crippen molar-refractivity contribution < 1.29 is 15.0 Å². The number of aliphatic hydroxyl groups excluding tert-OH is 1. The van der Waals surface area contributed by atoms with Crippen LogP contribution in [0.3, 0.4) is 0 Å². The van der Waals surface area contributed by atoms with E-state index in [0.29, 0.717) is 18.3 Å². The number of aliphatic carboxylic acids is 1. The van der Waals surface area contributed by atoms with Crippen LogP contribution in [-0.2, 0) is 11.2 Å². The Morgan fingerprint density at radius 3 is 2.62 bits per heavy atom. The van der Waals surface area contributed by atoms with Crippen LogP contribution in [0.5, 0.6) is 0 Å². The molecule has 0 bridgehead atoms. The Morgan fingerprint density at radius 2 is 1.85 bits per heavy atom.